The highest BCUT2D eigenvalue weighted by molar-refractivity contribution is 7.99. The van der Waals surface area contributed by atoms with Crippen LogP contribution in [0.3, 0.4) is 0 Å². The normalized spacial score (nSPS) is 10.8. The third kappa shape index (κ3) is 4.28. The molecule has 0 fully saturated rings. The molecule has 25 heavy (non-hydrogen) atoms. The van der Waals surface area contributed by atoms with Crippen LogP contribution in [0.25, 0.3) is 11.6 Å². The number of nitrogens with zero attached hydrogens (tertiary/aromatic N) is 3. The number of carbonyl (C=O) groups is 1. The molecule has 0 spiro atoms. The first-order chi connectivity index (χ1) is 12.0. The molecule has 0 atom stereocenters. The molecular formula is C15H13Cl2N5O2S. The molecule has 7 nitrogen and oxygen atoms in total. The Labute approximate surface area is 157 Å². The van der Waals surface area contributed by atoms with E-state index in [2.05, 4.69) is 15.5 Å². The summed E-state index contributed by atoms with van der Waals surface area (Å²) in [5.41, 5.74) is 0.784. The maximum Gasteiger partial charge on any atom is 0.230 e. The molecular weight excluding hydrogens is 385 g/mol. The summed E-state index contributed by atoms with van der Waals surface area (Å²) in [4.78, 5) is 12.0. The van der Waals surface area contributed by atoms with Gasteiger partial charge in [0.05, 0.1) is 12.0 Å². The van der Waals surface area contributed by atoms with E-state index < -0.39 is 0 Å². The van der Waals surface area contributed by atoms with E-state index in [9.17, 15) is 4.79 Å². The lowest BCUT2D eigenvalue weighted by Crippen LogP contribution is -2.25. The van der Waals surface area contributed by atoms with Gasteiger partial charge in [0.1, 0.15) is 0 Å². The topological polar surface area (TPSA) is 99.0 Å². The van der Waals surface area contributed by atoms with Gasteiger partial charge >= 0.3 is 0 Å². The summed E-state index contributed by atoms with van der Waals surface area (Å²) in [6.45, 7) is 0.308. The number of benzene rings is 1. The summed E-state index contributed by atoms with van der Waals surface area (Å²) in [5, 5.41) is 12.2. The van der Waals surface area contributed by atoms with Crippen molar-refractivity contribution in [2.45, 2.75) is 11.7 Å². The summed E-state index contributed by atoms with van der Waals surface area (Å²) in [6, 6.07) is 8.57. The van der Waals surface area contributed by atoms with Crippen molar-refractivity contribution in [2.75, 3.05) is 11.6 Å². The van der Waals surface area contributed by atoms with E-state index in [1.54, 1.807) is 30.3 Å². The molecule has 10 heteroatoms. The predicted molar refractivity (Wildman–Crippen MR) is 96.9 cm³/mol. The third-order valence-electron chi connectivity index (χ3n) is 3.23. The van der Waals surface area contributed by atoms with Crippen molar-refractivity contribution in [1.29, 1.82) is 0 Å². The Morgan fingerprint density at radius 1 is 1.32 bits per heavy atom. The molecule has 0 bridgehead atoms. The molecule has 0 aliphatic rings. The van der Waals surface area contributed by atoms with E-state index in [1.807, 2.05) is 0 Å². The van der Waals surface area contributed by atoms with Crippen LogP contribution in [-0.2, 0) is 11.3 Å². The standard InChI is InChI=1S/C15H13Cl2N5O2S/c16-10-4-3-9(11(17)6-10)7-19-13(23)8-25-15-21-20-14(22(15)18)12-2-1-5-24-12/h1-6H,7-8,18H2,(H,19,23). The Morgan fingerprint density at radius 3 is 2.88 bits per heavy atom. The minimum atomic E-state index is -0.182. The van der Waals surface area contributed by atoms with Gasteiger partial charge in [-0.3, -0.25) is 4.79 Å². The van der Waals surface area contributed by atoms with Crippen LogP contribution in [0.1, 0.15) is 5.56 Å². The fourth-order valence-corrected chi connectivity index (χ4v) is 3.15. The van der Waals surface area contributed by atoms with Crippen LogP contribution in [0, 0.1) is 0 Å². The molecule has 2 heterocycles. The van der Waals surface area contributed by atoms with Gasteiger partial charge in [-0.2, -0.15) is 0 Å². The summed E-state index contributed by atoms with van der Waals surface area (Å²) in [7, 11) is 0. The number of amides is 1. The van der Waals surface area contributed by atoms with Crippen LogP contribution in [0.2, 0.25) is 10.0 Å². The highest BCUT2D eigenvalue weighted by Crippen LogP contribution is 2.22. The number of furan rings is 1. The Hall–Kier alpha value is -2.16. The quantitative estimate of drug-likeness (QED) is 0.489. The smallest absolute Gasteiger partial charge is 0.230 e. The Kier molecular flexibility index (Phi) is 5.52. The van der Waals surface area contributed by atoms with Crippen LogP contribution in [0.15, 0.2) is 46.2 Å². The first-order valence-corrected chi connectivity index (χ1v) is 8.86. The van der Waals surface area contributed by atoms with E-state index in [-0.39, 0.29) is 11.7 Å². The Morgan fingerprint density at radius 2 is 2.16 bits per heavy atom. The second kappa shape index (κ2) is 7.81. The number of aromatic nitrogens is 3. The second-order valence-electron chi connectivity index (χ2n) is 4.95. The van der Waals surface area contributed by atoms with Gasteiger partial charge in [0.15, 0.2) is 5.76 Å². The van der Waals surface area contributed by atoms with Gasteiger partial charge in [0, 0.05) is 16.6 Å². The van der Waals surface area contributed by atoms with E-state index in [0.29, 0.717) is 33.3 Å². The summed E-state index contributed by atoms with van der Waals surface area (Å²) < 4.78 is 6.52. The van der Waals surface area contributed by atoms with Gasteiger partial charge in [0.25, 0.3) is 0 Å². The van der Waals surface area contributed by atoms with Gasteiger partial charge in [-0.15, -0.1) is 10.2 Å². The number of thioether (sulfide) groups is 1. The molecule has 0 aliphatic carbocycles. The first kappa shape index (κ1) is 17.7. The number of hydrogen-bond acceptors (Lipinski definition) is 6. The monoisotopic (exact) mass is 397 g/mol. The van der Waals surface area contributed by atoms with Crippen molar-refractivity contribution < 1.29 is 9.21 Å². The molecule has 1 aromatic carbocycles. The summed E-state index contributed by atoms with van der Waals surface area (Å²) >= 11 is 13.1. The molecule has 0 radical (unpaired) electrons. The molecule has 130 valence electrons. The average molecular weight is 398 g/mol. The molecule has 0 saturated carbocycles. The fourth-order valence-electron chi connectivity index (χ4n) is 1.99. The van der Waals surface area contributed by atoms with Crippen molar-refractivity contribution in [3.05, 3.63) is 52.2 Å². The van der Waals surface area contributed by atoms with E-state index >= 15 is 0 Å². The van der Waals surface area contributed by atoms with E-state index in [0.717, 1.165) is 5.56 Å². The zero-order valence-electron chi connectivity index (χ0n) is 12.8. The maximum atomic E-state index is 12.0. The minimum absolute atomic E-state index is 0.138. The van der Waals surface area contributed by atoms with Crippen LogP contribution >= 0.6 is 35.0 Å². The van der Waals surface area contributed by atoms with Gasteiger partial charge in [-0.25, -0.2) is 4.68 Å². The van der Waals surface area contributed by atoms with Crippen molar-refractivity contribution in [3.8, 4) is 11.6 Å². The molecule has 0 saturated heterocycles. The fraction of sp³-hybridized carbons (Fsp3) is 0.133. The lowest BCUT2D eigenvalue weighted by atomic mass is 10.2. The van der Waals surface area contributed by atoms with Gasteiger partial charge in [-0.1, -0.05) is 41.0 Å². The molecule has 0 unspecified atom stereocenters. The van der Waals surface area contributed by atoms with E-state index in [4.69, 9.17) is 33.5 Å². The molecule has 3 N–H and O–H groups in total. The van der Waals surface area contributed by atoms with Crippen molar-refractivity contribution >= 4 is 40.9 Å². The molecule has 0 aliphatic heterocycles. The lowest BCUT2D eigenvalue weighted by molar-refractivity contribution is -0.118. The first-order valence-electron chi connectivity index (χ1n) is 7.12. The van der Waals surface area contributed by atoms with Crippen LogP contribution in [0.5, 0.6) is 0 Å². The number of carbonyl (C=O) groups excluding carboxylic acids is 1. The number of rotatable bonds is 6. The lowest BCUT2D eigenvalue weighted by Gasteiger charge is -2.07. The average Bonchev–Trinajstić information content (AvgIpc) is 3.22. The number of nitrogens with one attached hydrogen (secondary N) is 1. The van der Waals surface area contributed by atoms with Crippen LogP contribution < -0.4 is 11.2 Å². The van der Waals surface area contributed by atoms with Crippen molar-refractivity contribution in [3.63, 3.8) is 0 Å². The minimum Gasteiger partial charge on any atom is -0.461 e. The molecule has 1 amide bonds. The number of nitrogens with two attached hydrogens (primary N) is 1. The van der Waals surface area contributed by atoms with Crippen LogP contribution in [-0.4, -0.2) is 26.5 Å². The third-order valence-corrected chi connectivity index (χ3v) is 4.76. The number of nitrogen functional groups attached to an aromatic ring is 1. The zero-order valence-corrected chi connectivity index (χ0v) is 15.1. The van der Waals surface area contributed by atoms with Gasteiger partial charge in [-0.05, 0) is 29.8 Å². The van der Waals surface area contributed by atoms with Gasteiger partial charge in [0.2, 0.25) is 16.9 Å². The molecule has 2 aromatic heterocycles. The largest absolute Gasteiger partial charge is 0.461 e. The zero-order chi connectivity index (χ0) is 17.8. The van der Waals surface area contributed by atoms with Gasteiger partial charge < -0.3 is 15.6 Å². The van der Waals surface area contributed by atoms with E-state index in [1.165, 1.54) is 22.7 Å². The van der Waals surface area contributed by atoms with Crippen molar-refractivity contribution in [1.82, 2.24) is 20.2 Å². The number of halogens is 2. The SMILES string of the molecule is Nn1c(SCC(=O)NCc2ccc(Cl)cc2Cl)nnc1-c1ccco1. The Balaban J connectivity index is 1.54. The van der Waals surface area contributed by atoms with Crippen molar-refractivity contribution in [2.24, 2.45) is 0 Å². The maximum absolute atomic E-state index is 12.0. The number of hydrogen-bond donors (Lipinski definition) is 2. The Bertz CT molecular complexity index is 882. The highest BCUT2D eigenvalue weighted by Gasteiger charge is 2.15. The van der Waals surface area contributed by atoms with Crippen LogP contribution in [0.4, 0.5) is 0 Å². The summed E-state index contributed by atoms with van der Waals surface area (Å²) in [5.74, 6) is 6.78. The molecule has 3 aromatic rings. The predicted octanol–water partition coefficient (Wildman–Crippen LogP) is 2.97. The summed E-state index contributed by atoms with van der Waals surface area (Å²) in [6.07, 6.45) is 1.52. The highest BCUT2D eigenvalue weighted by atomic mass is 35.5. The second-order valence-corrected chi connectivity index (χ2v) is 6.74. The molecule has 3 rings (SSSR count).